The first-order valence-corrected chi connectivity index (χ1v) is 7.44. The van der Waals surface area contributed by atoms with E-state index < -0.39 is 54.7 Å². The van der Waals surface area contributed by atoms with E-state index in [4.69, 9.17) is 0 Å². The number of carbonyl (C=O) groups excluding carboxylic acids is 1. The molecule has 0 atom stereocenters. The fourth-order valence-corrected chi connectivity index (χ4v) is 2.18. The number of halogens is 5. The molecule has 0 saturated carbocycles. The monoisotopic (exact) mass is 412 g/mol. The van der Waals surface area contributed by atoms with Crippen molar-refractivity contribution in [3.8, 4) is 0 Å². The van der Waals surface area contributed by atoms with Crippen molar-refractivity contribution >= 4 is 17.3 Å². The van der Waals surface area contributed by atoms with E-state index in [9.17, 15) is 36.9 Å². The van der Waals surface area contributed by atoms with Gasteiger partial charge in [-0.3, -0.25) is 19.6 Å². The highest BCUT2D eigenvalue weighted by atomic mass is 19.4. The number of alkyl halides is 5. The van der Waals surface area contributed by atoms with Crippen LogP contribution in [0.3, 0.4) is 0 Å². The Bertz CT molecular complexity index is 862. The molecule has 0 spiro atoms. The maximum Gasteiger partial charge on any atom is 0.411 e. The van der Waals surface area contributed by atoms with Gasteiger partial charge >= 0.3 is 11.9 Å². The predicted octanol–water partition coefficient (Wildman–Crippen LogP) is 2.41. The van der Waals surface area contributed by atoms with Crippen LogP contribution in [0.25, 0.3) is 0 Å². The lowest BCUT2D eigenvalue weighted by Gasteiger charge is -2.07. The van der Waals surface area contributed by atoms with Crippen molar-refractivity contribution in [3.63, 3.8) is 0 Å². The Kier molecular flexibility index (Phi) is 6.27. The third kappa shape index (κ3) is 5.45. The van der Waals surface area contributed by atoms with E-state index in [0.29, 0.717) is 0 Å². The van der Waals surface area contributed by atoms with Gasteiger partial charge < -0.3 is 10.1 Å². The summed E-state index contributed by atoms with van der Waals surface area (Å²) in [7, 11) is 0. The average molecular weight is 412 g/mol. The highest BCUT2D eigenvalue weighted by molar-refractivity contribution is 5.90. The molecule has 0 radical (unpaired) electrons. The Hall–Kier alpha value is -3.10. The molecular weight excluding hydrogens is 399 g/mol. The Morgan fingerprint density at radius 2 is 2.11 bits per heavy atom. The van der Waals surface area contributed by atoms with Crippen LogP contribution in [0.2, 0.25) is 0 Å². The minimum atomic E-state index is -4.49. The van der Waals surface area contributed by atoms with Crippen LogP contribution < -0.4 is 5.32 Å². The molecule has 0 bridgehead atoms. The molecule has 2 rings (SSSR count). The van der Waals surface area contributed by atoms with Crippen molar-refractivity contribution in [2.24, 2.45) is 0 Å². The van der Waals surface area contributed by atoms with E-state index in [1.165, 1.54) is 13.1 Å². The topological polar surface area (TPSA) is 117 Å². The summed E-state index contributed by atoms with van der Waals surface area (Å²) >= 11 is 0. The lowest BCUT2D eigenvalue weighted by Crippen LogP contribution is -2.20. The molecule has 2 aromatic rings. The van der Waals surface area contributed by atoms with Crippen molar-refractivity contribution < 1.29 is 36.4 Å². The molecule has 1 N–H and O–H groups in total. The van der Waals surface area contributed by atoms with E-state index >= 15 is 0 Å². The number of rotatable bonds is 8. The second kappa shape index (κ2) is 8.28. The lowest BCUT2D eigenvalue weighted by molar-refractivity contribution is -0.386. The molecule has 10 nitrogen and oxygen atoms in total. The number of nitro groups is 1. The van der Waals surface area contributed by atoms with E-state index in [2.05, 4.69) is 20.3 Å². The summed E-state index contributed by atoms with van der Waals surface area (Å²) in [5.41, 5.74) is -2.07. The first-order chi connectivity index (χ1) is 13.0. The number of anilines is 1. The molecule has 0 aliphatic rings. The quantitative estimate of drug-likeness (QED) is 0.404. The first kappa shape index (κ1) is 21.2. The molecule has 0 unspecified atom stereocenters. The SMILES string of the molecule is Cc1c([N+](=O)[O-])c(C(F)F)nn1CC(=O)Nc1cnn(COCC(F)(F)F)c1. The van der Waals surface area contributed by atoms with Gasteiger partial charge in [0.1, 0.15) is 25.6 Å². The highest BCUT2D eigenvalue weighted by Crippen LogP contribution is 2.30. The zero-order chi connectivity index (χ0) is 21.1. The number of ether oxygens (including phenoxy) is 1. The molecule has 0 saturated heterocycles. The van der Waals surface area contributed by atoms with Crippen LogP contribution in [0.15, 0.2) is 12.4 Å². The van der Waals surface area contributed by atoms with Crippen LogP contribution >= 0.6 is 0 Å². The average Bonchev–Trinajstić information content (AvgIpc) is 3.11. The molecule has 0 fully saturated rings. The van der Waals surface area contributed by atoms with Crippen molar-refractivity contribution in [1.29, 1.82) is 0 Å². The predicted molar refractivity (Wildman–Crippen MR) is 81.4 cm³/mol. The number of aromatic nitrogens is 4. The molecule has 2 aromatic heterocycles. The highest BCUT2D eigenvalue weighted by Gasteiger charge is 2.31. The maximum absolute atomic E-state index is 12.9. The van der Waals surface area contributed by atoms with Crippen molar-refractivity contribution in [3.05, 3.63) is 33.9 Å². The summed E-state index contributed by atoms with van der Waals surface area (Å²) < 4.78 is 67.9. The van der Waals surface area contributed by atoms with Gasteiger partial charge in [0.25, 0.3) is 6.43 Å². The summed E-state index contributed by atoms with van der Waals surface area (Å²) in [5.74, 6) is -0.767. The third-order valence-electron chi connectivity index (χ3n) is 3.29. The van der Waals surface area contributed by atoms with Crippen molar-refractivity contribution in [2.75, 3.05) is 11.9 Å². The maximum atomic E-state index is 12.9. The largest absolute Gasteiger partial charge is 0.411 e. The third-order valence-corrected chi connectivity index (χ3v) is 3.29. The lowest BCUT2D eigenvalue weighted by atomic mass is 10.3. The van der Waals surface area contributed by atoms with E-state index in [-0.39, 0.29) is 11.4 Å². The molecule has 1 amide bonds. The normalized spacial score (nSPS) is 11.8. The summed E-state index contributed by atoms with van der Waals surface area (Å²) in [6, 6.07) is 0. The van der Waals surface area contributed by atoms with Gasteiger partial charge in [-0.1, -0.05) is 0 Å². The van der Waals surface area contributed by atoms with Crippen LogP contribution in [0.5, 0.6) is 0 Å². The zero-order valence-corrected chi connectivity index (χ0v) is 14.1. The van der Waals surface area contributed by atoms with Crippen LogP contribution in [-0.2, 0) is 22.8 Å². The minimum Gasteiger partial charge on any atom is -0.350 e. The fraction of sp³-hybridized carbons (Fsp3) is 0.462. The van der Waals surface area contributed by atoms with Crippen LogP contribution in [0, 0.1) is 17.0 Å². The van der Waals surface area contributed by atoms with Gasteiger partial charge in [0.2, 0.25) is 11.6 Å². The standard InChI is InChI=1S/C13H13F5N6O4/c1-7-11(24(26)27)10(12(14)15)21-23(7)4-9(25)20-8-2-19-22(3-8)6-28-5-13(16,17)18/h2-3,12H,4-6H2,1H3,(H,20,25). The summed E-state index contributed by atoms with van der Waals surface area (Å²) in [5, 5.41) is 20.3. The fourth-order valence-electron chi connectivity index (χ4n) is 2.18. The number of hydrogen-bond donors (Lipinski definition) is 1. The van der Waals surface area contributed by atoms with E-state index in [1.807, 2.05) is 0 Å². The molecule has 2 heterocycles. The minimum absolute atomic E-state index is 0.0917. The molecule has 154 valence electrons. The van der Waals surface area contributed by atoms with Gasteiger partial charge in [-0.2, -0.15) is 23.4 Å². The van der Waals surface area contributed by atoms with Gasteiger partial charge in [0, 0.05) is 0 Å². The second-order valence-corrected chi connectivity index (χ2v) is 5.44. The zero-order valence-electron chi connectivity index (χ0n) is 14.1. The number of nitrogens with one attached hydrogen (secondary N) is 1. The smallest absolute Gasteiger partial charge is 0.350 e. The Balaban J connectivity index is 2.00. The Labute approximate surface area is 153 Å². The summed E-state index contributed by atoms with van der Waals surface area (Å²) in [4.78, 5) is 21.9. The second-order valence-electron chi connectivity index (χ2n) is 5.44. The van der Waals surface area contributed by atoms with Gasteiger partial charge in [-0.15, -0.1) is 0 Å². The molecule has 15 heteroatoms. The van der Waals surface area contributed by atoms with Crippen LogP contribution in [-0.4, -0.2) is 43.2 Å². The number of amides is 1. The molecule has 0 aliphatic carbocycles. The van der Waals surface area contributed by atoms with Crippen molar-refractivity contribution in [1.82, 2.24) is 19.6 Å². The summed E-state index contributed by atoms with van der Waals surface area (Å²) in [6.45, 7) is -1.43. The number of hydrogen-bond acceptors (Lipinski definition) is 6. The Morgan fingerprint density at radius 3 is 2.64 bits per heavy atom. The van der Waals surface area contributed by atoms with E-state index in [0.717, 1.165) is 15.6 Å². The Morgan fingerprint density at radius 1 is 1.43 bits per heavy atom. The molecule has 0 aliphatic heterocycles. The van der Waals surface area contributed by atoms with Crippen LogP contribution in [0.4, 0.5) is 33.3 Å². The number of carbonyl (C=O) groups is 1. The van der Waals surface area contributed by atoms with Crippen LogP contribution in [0.1, 0.15) is 17.8 Å². The van der Waals surface area contributed by atoms with Gasteiger partial charge in [-0.25, -0.2) is 13.5 Å². The van der Waals surface area contributed by atoms with Crippen molar-refractivity contribution in [2.45, 2.75) is 32.8 Å². The molecule has 0 aromatic carbocycles. The molecule has 28 heavy (non-hydrogen) atoms. The van der Waals surface area contributed by atoms with Gasteiger partial charge in [-0.05, 0) is 6.92 Å². The van der Waals surface area contributed by atoms with Gasteiger partial charge in [0.15, 0.2) is 0 Å². The molecular formula is C13H13F5N6O4. The first-order valence-electron chi connectivity index (χ1n) is 7.44. The summed E-state index contributed by atoms with van der Waals surface area (Å²) in [6.07, 6.45) is -5.39. The number of nitrogens with zero attached hydrogens (tertiary/aromatic N) is 5. The van der Waals surface area contributed by atoms with Gasteiger partial charge in [0.05, 0.1) is 23.0 Å². The van der Waals surface area contributed by atoms with E-state index in [1.54, 1.807) is 0 Å².